The first-order valence-electron chi connectivity index (χ1n) is 8.23. The van der Waals surface area contributed by atoms with Crippen molar-refractivity contribution >= 4 is 5.91 Å². The molecule has 0 saturated carbocycles. The van der Waals surface area contributed by atoms with Crippen LogP contribution in [0.25, 0.3) is 5.69 Å². The summed E-state index contributed by atoms with van der Waals surface area (Å²) in [7, 11) is 3.17. The maximum atomic E-state index is 12.4. The standard InChI is InChI=1S/C20H21N3O3/c1-14-11-17(22-23(14)16-7-5-4-6-8-16)20(24)21-13-15-9-10-18(25-2)19(12-15)26-3/h4-12H,13H2,1-3H3,(H,21,24). The van der Waals surface area contributed by atoms with Gasteiger partial charge in [-0.05, 0) is 42.8 Å². The Morgan fingerprint density at radius 1 is 1.04 bits per heavy atom. The molecule has 0 unspecified atom stereocenters. The minimum Gasteiger partial charge on any atom is -0.493 e. The summed E-state index contributed by atoms with van der Waals surface area (Å²) in [5, 5.41) is 7.30. The SMILES string of the molecule is COc1ccc(CNC(=O)c2cc(C)n(-c3ccccc3)n2)cc1OC. The molecule has 0 radical (unpaired) electrons. The van der Waals surface area contributed by atoms with Gasteiger partial charge in [0.2, 0.25) is 0 Å². The third-order valence-corrected chi connectivity index (χ3v) is 4.02. The van der Waals surface area contributed by atoms with Crippen LogP contribution in [0.1, 0.15) is 21.7 Å². The number of ether oxygens (including phenoxy) is 2. The van der Waals surface area contributed by atoms with E-state index >= 15 is 0 Å². The number of rotatable bonds is 6. The number of benzene rings is 2. The van der Waals surface area contributed by atoms with Crippen molar-refractivity contribution in [1.82, 2.24) is 15.1 Å². The van der Waals surface area contributed by atoms with Crippen LogP contribution >= 0.6 is 0 Å². The summed E-state index contributed by atoms with van der Waals surface area (Å²) in [6.45, 7) is 2.29. The molecule has 0 fully saturated rings. The van der Waals surface area contributed by atoms with Crippen molar-refractivity contribution in [3.63, 3.8) is 0 Å². The van der Waals surface area contributed by atoms with Crippen LogP contribution < -0.4 is 14.8 Å². The van der Waals surface area contributed by atoms with E-state index in [9.17, 15) is 4.79 Å². The third kappa shape index (κ3) is 3.69. The zero-order valence-electron chi connectivity index (χ0n) is 15.0. The van der Waals surface area contributed by atoms with Crippen LogP contribution in [0.2, 0.25) is 0 Å². The second kappa shape index (κ2) is 7.74. The molecule has 0 saturated heterocycles. The van der Waals surface area contributed by atoms with Gasteiger partial charge >= 0.3 is 0 Å². The topological polar surface area (TPSA) is 65.4 Å². The van der Waals surface area contributed by atoms with Crippen LogP contribution in [0, 0.1) is 6.92 Å². The van der Waals surface area contributed by atoms with Crippen LogP contribution in [-0.4, -0.2) is 29.9 Å². The van der Waals surface area contributed by atoms with Crippen LogP contribution in [0.5, 0.6) is 11.5 Å². The molecular formula is C20H21N3O3. The molecule has 0 bridgehead atoms. The van der Waals surface area contributed by atoms with Crippen molar-refractivity contribution in [2.45, 2.75) is 13.5 Å². The quantitative estimate of drug-likeness (QED) is 0.741. The van der Waals surface area contributed by atoms with Gasteiger partial charge in [0.15, 0.2) is 17.2 Å². The molecule has 6 nitrogen and oxygen atoms in total. The number of nitrogens with one attached hydrogen (secondary N) is 1. The minimum absolute atomic E-state index is 0.224. The van der Waals surface area contributed by atoms with Crippen molar-refractivity contribution in [3.8, 4) is 17.2 Å². The van der Waals surface area contributed by atoms with Gasteiger partial charge in [0, 0.05) is 12.2 Å². The van der Waals surface area contributed by atoms with Crippen molar-refractivity contribution in [2.75, 3.05) is 14.2 Å². The van der Waals surface area contributed by atoms with Gasteiger partial charge in [-0.2, -0.15) is 5.10 Å². The lowest BCUT2D eigenvalue weighted by molar-refractivity contribution is 0.0945. The average molecular weight is 351 g/mol. The number of para-hydroxylation sites is 1. The fourth-order valence-corrected chi connectivity index (χ4v) is 2.68. The third-order valence-electron chi connectivity index (χ3n) is 4.02. The van der Waals surface area contributed by atoms with Gasteiger partial charge < -0.3 is 14.8 Å². The fourth-order valence-electron chi connectivity index (χ4n) is 2.68. The number of nitrogens with zero attached hydrogens (tertiary/aromatic N) is 2. The van der Waals surface area contributed by atoms with Crippen molar-refractivity contribution in [3.05, 3.63) is 71.5 Å². The molecule has 1 heterocycles. The number of amides is 1. The zero-order valence-corrected chi connectivity index (χ0v) is 15.0. The van der Waals surface area contributed by atoms with E-state index in [0.29, 0.717) is 23.7 Å². The monoisotopic (exact) mass is 351 g/mol. The molecule has 0 aliphatic carbocycles. The normalized spacial score (nSPS) is 10.4. The Morgan fingerprint density at radius 2 is 1.77 bits per heavy atom. The first kappa shape index (κ1) is 17.5. The molecule has 2 aromatic carbocycles. The van der Waals surface area contributed by atoms with Gasteiger partial charge in [-0.15, -0.1) is 0 Å². The smallest absolute Gasteiger partial charge is 0.272 e. The Kier molecular flexibility index (Phi) is 5.22. The molecule has 1 amide bonds. The molecule has 1 aromatic heterocycles. The summed E-state index contributed by atoms with van der Waals surface area (Å²) < 4.78 is 12.3. The largest absolute Gasteiger partial charge is 0.493 e. The Hall–Kier alpha value is -3.28. The Morgan fingerprint density at radius 3 is 2.46 bits per heavy atom. The highest BCUT2D eigenvalue weighted by Gasteiger charge is 2.13. The van der Waals surface area contributed by atoms with Crippen LogP contribution in [0.3, 0.4) is 0 Å². The second-order valence-corrected chi connectivity index (χ2v) is 5.79. The molecule has 1 N–H and O–H groups in total. The molecule has 0 atom stereocenters. The number of aryl methyl sites for hydroxylation is 1. The highest BCUT2D eigenvalue weighted by Crippen LogP contribution is 2.27. The number of aromatic nitrogens is 2. The molecule has 0 spiro atoms. The first-order valence-corrected chi connectivity index (χ1v) is 8.23. The van der Waals surface area contributed by atoms with E-state index in [1.165, 1.54) is 0 Å². The average Bonchev–Trinajstić information content (AvgIpc) is 3.08. The summed E-state index contributed by atoms with van der Waals surface area (Å²) in [6, 6.07) is 17.0. The molecule has 0 aliphatic heterocycles. The maximum Gasteiger partial charge on any atom is 0.272 e. The molecule has 6 heteroatoms. The predicted molar refractivity (Wildman–Crippen MR) is 99.0 cm³/mol. The van der Waals surface area contributed by atoms with Crippen molar-refractivity contribution in [2.24, 2.45) is 0 Å². The predicted octanol–water partition coefficient (Wildman–Crippen LogP) is 3.13. The van der Waals surface area contributed by atoms with E-state index in [4.69, 9.17) is 9.47 Å². The van der Waals surface area contributed by atoms with E-state index in [-0.39, 0.29) is 5.91 Å². The minimum atomic E-state index is -0.224. The Balaban J connectivity index is 1.71. The van der Waals surface area contributed by atoms with E-state index in [0.717, 1.165) is 16.9 Å². The number of methoxy groups -OCH3 is 2. The van der Waals surface area contributed by atoms with E-state index < -0.39 is 0 Å². The molecule has 26 heavy (non-hydrogen) atoms. The lowest BCUT2D eigenvalue weighted by Crippen LogP contribution is -2.23. The molecule has 0 aliphatic rings. The lowest BCUT2D eigenvalue weighted by Gasteiger charge is -2.10. The second-order valence-electron chi connectivity index (χ2n) is 5.79. The molecule has 134 valence electrons. The van der Waals surface area contributed by atoms with Crippen LogP contribution in [-0.2, 0) is 6.54 Å². The summed E-state index contributed by atoms with van der Waals surface area (Å²) in [6.07, 6.45) is 0. The van der Waals surface area contributed by atoms with Gasteiger partial charge in [0.25, 0.3) is 5.91 Å². The van der Waals surface area contributed by atoms with Crippen molar-refractivity contribution < 1.29 is 14.3 Å². The highest BCUT2D eigenvalue weighted by atomic mass is 16.5. The van der Waals surface area contributed by atoms with E-state index in [2.05, 4.69) is 10.4 Å². The van der Waals surface area contributed by atoms with E-state index in [1.54, 1.807) is 25.0 Å². The van der Waals surface area contributed by atoms with Gasteiger partial charge in [0.05, 0.1) is 19.9 Å². The van der Waals surface area contributed by atoms with Crippen LogP contribution in [0.4, 0.5) is 0 Å². The Bertz CT molecular complexity index is 904. The lowest BCUT2D eigenvalue weighted by atomic mass is 10.2. The summed E-state index contributed by atoms with van der Waals surface area (Å²) in [4.78, 5) is 12.4. The van der Waals surface area contributed by atoms with Gasteiger partial charge in [-0.25, -0.2) is 4.68 Å². The number of hydrogen-bond donors (Lipinski definition) is 1. The number of carbonyl (C=O) groups excluding carboxylic acids is 1. The highest BCUT2D eigenvalue weighted by molar-refractivity contribution is 5.92. The molecular weight excluding hydrogens is 330 g/mol. The summed E-state index contributed by atoms with van der Waals surface area (Å²) >= 11 is 0. The van der Waals surface area contributed by atoms with Crippen molar-refractivity contribution in [1.29, 1.82) is 0 Å². The van der Waals surface area contributed by atoms with Gasteiger partial charge in [0.1, 0.15) is 0 Å². The maximum absolute atomic E-state index is 12.4. The van der Waals surface area contributed by atoms with E-state index in [1.807, 2.05) is 55.5 Å². The first-order chi connectivity index (χ1) is 12.6. The number of hydrogen-bond acceptors (Lipinski definition) is 4. The van der Waals surface area contributed by atoms with Crippen LogP contribution in [0.15, 0.2) is 54.6 Å². The van der Waals surface area contributed by atoms with Gasteiger partial charge in [-0.3, -0.25) is 4.79 Å². The summed E-state index contributed by atoms with van der Waals surface area (Å²) in [5.41, 5.74) is 3.11. The zero-order chi connectivity index (χ0) is 18.5. The summed E-state index contributed by atoms with van der Waals surface area (Å²) in [5.74, 6) is 1.06. The molecule has 3 aromatic rings. The molecule has 3 rings (SSSR count). The Labute approximate surface area is 152 Å². The van der Waals surface area contributed by atoms with Gasteiger partial charge in [-0.1, -0.05) is 24.3 Å². The fraction of sp³-hybridized carbons (Fsp3) is 0.200. The number of carbonyl (C=O) groups is 1.